The standard InChI is InChI=1S/C15H15N3O2/c1-2-15(20)18-13-6-4-9(7-12(13)17)10-3-5-11(16)14(19)8-10/h2-8,19H,1,16-17H2,(H,18,20). The van der Waals surface area contributed by atoms with Gasteiger partial charge >= 0.3 is 0 Å². The van der Waals surface area contributed by atoms with Gasteiger partial charge in [-0.15, -0.1) is 0 Å². The molecular formula is C15H15N3O2. The molecule has 2 aromatic carbocycles. The lowest BCUT2D eigenvalue weighted by molar-refractivity contribution is -0.111. The smallest absolute Gasteiger partial charge is 0.247 e. The monoisotopic (exact) mass is 269 g/mol. The molecule has 0 aliphatic carbocycles. The van der Waals surface area contributed by atoms with E-state index in [0.717, 1.165) is 11.1 Å². The zero-order valence-corrected chi connectivity index (χ0v) is 10.8. The average molecular weight is 269 g/mol. The molecule has 20 heavy (non-hydrogen) atoms. The van der Waals surface area contributed by atoms with Crippen molar-refractivity contribution in [2.75, 3.05) is 16.8 Å². The summed E-state index contributed by atoms with van der Waals surface area (Å²) < 4.78 is 0. The van der Waals surface area contributed by atoms with Gasteiger partial charge in [0.2, 0.25) is 5.91 Å². The molecule has 2 aromatic rings. The number of phenolic OH excluding ortho intramolecular Hbond substituents is 1. The highest BCUT2D eigenvalue weighted by Crippen LogP contribution is 2.31. The molecule has 0 aliphatic rings. The van der Waals surface area contributed by atoms with Crippen molar-refractivity contribution in [2.45, 2.75) is 0 Å². The quantitative estimate of drug-likeness (QED) is 0.390. The van der Waals surface area contributed by atoms with E-state index in [2.05, 4.69) is 11.9 Å². The number of nitrogens with one attached hydrogen (secondary N) is 1. The Morgan fingerprint density at radius 2 is 1.75 bits per heavy atom. The van der Waals surface area contributed by atoms with E-state index in [-0.39, 0.29) is 11.7 Å². The van der Waals surface area contributed by atoms with Gasteiger partial charge in [-0.05, 0) is 41.5 Å². The summed E-state index contributed by atoms with van der Waals surface area (Å²) in [6.45, 7) is 3.38. The van der Waals surface area contributed by atoms with E-state index in [1.54, 1.807) is 36.4 Å². The first-order valence-corrected chi connectivity index (χ1v) is 5.93. The Morgan fingerprint density at radius 3 is 2.35 bits per heavy atom. The highest BCUT2D eigenvalue weighted by Gasteiger charge is 2.06. The highest BCUT2D eigenvalue weighted by molar-refractivity contribution is 6.01. The van der Waals surface area contributed by atoms with Crippen LogP contribution in [0.4, 0.5) is 17.1 Å². The molecule has 6 N–H and O–H groups in total. The lowest BCUT2D eigenvalue weighted by Crippen LogP contribution is -2.09. The first-order valence-electron chi connectivity index (χ1n) is 5.93. The van der Waals surface area contributed by atoms with Crippen molar-refractivity contribution in [2.24, 2.45) is 0 Å². The summed E-state index contributed by atoms with van der Waals surface area (Å²) >= 11 is 0. The third-order valence-electron chi connectivity index (χ3n) is 2.86. The number of carbonyl (C=O) groups is 1. The molecule has 0 aliphatic heterocycles. The van der Waals surface area contributed by atoms with Crippen molar-refractivity contribution in [1.29, 1.82) is 0 Å². The van der Waals surface area contributed by atoms with Crippen LogP contribution in [0.5, 0.6) is 5.75 Å². The van der Waals surface area contributed by atoms with E-state index in [9.17, 15) is 9.90 Å². The molecule has 2 rings (SSSR count). The van der Waals surface area contributed by atoms with Gasteiger partial charge in [-0.3, -0.25) is 4.79 Å². The molecule has 0 saturated carbocycles. The van der Waals surface area contributed by atoms with Gasteiger partial charge in [-0.1, -0.05) is 18.7 Å². The first kappa shape index (κ1) is 13.5. The summed E-state index contributed by atoms with van der Waals surface area (Å²) in [6, 6.07) is 10.2. The van der Waals surface area contributed by atoms with E-state index in [4.69, 9.17) is 11.5 Å². The van der Waals surface area contributed by atoms with Crippen molar-refractivity contribution in [3.05, 3.63) is 49.1 Å². The Morgan fingerprint density at radius 1 is 1.10 bits per heavy atom. The van der Waals surface area contributed by atoms with Crippen LogP contribution in [0.2, 0.25) is 0 Å². The van der Waals surface area contributed by atoms with Gasteiger partial charge in [0, 0.05) is 0 Å². The van der Waals surface area contributed by atoms with Crippen molar-refractivity contribution in [3.63, 3.8) is 0 Å². The van der Waals surface area contributed by atoms with Gasteiger partial charge in [0.1, 0.15) is 5.75 Å². The molecule has 102 valence electrons. The van der Waals surface area contributed by atoms with Crippen molar-refractivity contribution >= 4 is 23.0 Å². The second-order valence-electron chi connectivity index (χ2n) is 4.27. The van der Waals surface area contributed by atoms with Gasteiger partial charge in [0.05, 0.1) is 17.1 Å². The van der Waals surface area contributed by atoms with Gasteiger partial charge in [0.15, 0.2) is 0 Å². The van der Waals surface area contributed by atoms with Crippen LogP contribution >= 0.6 is 0 Å². The molecule has 0 spiro atoms. The number of carbonyl (C=O) groups excluding carboxylic acids is 1. The minimum Gasteiger partial charge on any atom is -0.506 e. The van der Waals surface area contributed by atoms with Gasteiger partial charge in [-0.2, -0.15) is 0 Å². The maximum Gasteiger partial charge on any atom is 0.247 e. The van der Waals surface area contributed by atoms with Crippen LogP contribution in [0.3, 0.4) is 0 Å². The Kier molecular flexibility index (Phi) is 3.61. The van der Waals surface area contributed by atoms with Crippen LogP contribution < -0.4 is 16.8 Å². The summed E-state index contributed by atoms with van der Waals surface area (Å²) in [5.74, 6) is -0.306. The van der Waals surface area contributed by atoms with Crippen LogP contribution in [0, 0.1) is 0 Å². The SMILES string of the molecule is C=CC(=O)Nc1ccc(-c2ccc(N)c(O)c2)cc1N. The van der Waals surface area contributed by atoms with E-state index >= 15 is 0 Å². The maximum absolute atomic E-state index is 11.2. The number of amides is 1. The highest BCUT2D eigenvalue weighted by atomic mass is 16.3. The second-order valence-corrected chi connectivity index (χ2v) is 4.27. The molecule has 0 radical (unpaired) electrons. The molecule has 0 fully saturated rings. The number of benzene rings is 2. The topological polar surface area (TPSA) is 101 Å². The molecule has 0 aromatic heterocycles. The first-order chi connectivity index (χ1) is 9.51. The predicted octanol–water partition coefficient (Wildman–Crippen LogP) is 2.35. The van der Waals surface area contributed by atoms with E-state index in [1.165, 1.54) is 6.08 Å². The molecule has 0 unspecified atom stereocenters. The van der Waals surface area contributed by atoms with Gasteiger partial charge in [-0.25, -0.2) is 0 Å². The lowest BCUT2D eigenvalue weighted by atomic mass is 10.0. The molecule has 0 bridgehead atoms. The fraction of sp³-hybridized carbons (Fsp3) is 0. The van der Waals surface area contributed by atoms with E-state index < -0.39 is 0 Å². The van der Waals surface area contributed by atoms with Crippen LogP contribution in [0.1, 0.15) is 0 Å². The maximum atomic E-state index is 11.2. The summed E-state index contributed by atoms with van der Waals surface area (Å²) in [6.07, 6.45) is 1.17. The molecule has 0 saturated heterocycles. The summed E-state index contributed by atoms with van der Waals surface area (Å²) in [5.41, 5.74) is 14.3. The Labute approximate surface area is 116 Å². The van der Waals surface area contributed by atoms with Crippen molar-refractivity contribution < 1.29 is 9.90 Å². The number of nitrogens with two attached hydrogens (primary N) is 2. The Balaban J connectivity index is 2.35. The van der Waals surface area contributed by atoms with Gasteiger partial charge < -0.3 is 21.9 Å². The Hall–Kier alpha value is -2.95. The second kappa shape index (κ2) is 5.36. The predicted molar refractivity (Wildman–Crippen MR) is 81.2 cm³/mol. The third-order valence-corrected chi connectivity index (χ3v) is 2.86. The molecule has 1 amide bonds. The normalized spacial score (nSPS) is 10.0. The summed E-state index contributed by atoms with van der Waals surface area (Å²) in [4.78, 5) is 11.2. The average Bonchev–Trinajstić information content (AvgIpc) is 2.44. The number of nitrogen functional groups attached to an aromatic ring is 2. The molecule has 0 heterocycles. The largest absolute Gasteiger partial charge is 0.506 e. The lowest BCUT2D eigenvalue weighted by Gasteiger charge is -2.10. The number of anilines is 3. The fourth-order valence-corrected chi connectivity index (χ4v) is 1.76. The molecular weight excluding hydrogens is 254 g/mol. The molecule has 5 nitrogen and oxygen atoms in total. The van der Waals surface area contributed by atoms with Crippen LogP contribution in [0.15, 0.2) is 49.1 Å². The van der Waals surface area contributed by atoms with Gasteiger partial charge in [0.25, 0.3) is 0 Å². The number of aromatic hydroxyl groups is 1. The van der Waals surface area contributed by atoms with Crippen LogP contribution in [-0.4, -0.2) is 11.0 Å². The van der Waals surface area contributed by atoms with Crippen LogP contribution in [0.25, 0.3) is 11.1 Å². The van der Waals surface area contributed by atoms with Crippen LogP contribution in [-0.2, 0) is 4.79 Å². The van der Waals surface area contributed by atoms with E-state index in [1.807, 2.05) is 0 Å². The fourth-order valence-electron chi connectivity index (χ4n) is 1.76. The van der Waals surface area contributed by atoms with E-state index in [0.29, 0.717) is 17.1 Å². The number of hydrogen-bond acceptors (Lipinski definition) is 4. The van der Waals surface area contributed by atoms with Crippen molar-refractivity contribution in [1.82, 2.24) is 0 Å². The minimum absolute atomic E-state index is 0.0186. The number of phenols is 1. The molecule has 0 atom stereocenters. The number of hydrogen-bond donors (Lipinski definition) is 4. The number of rotatable bonds is 3. The third kappa shape index (κ3) is 2.72. The zero-order valence-electron chi connectivity index (χ0n) is 10.8. The Bertz CT molecular complexity index is 681. The van der Waals surface area contributed by atoms with Crippen molar-refractivity contribution in [3.8, 4) is 16.9 Å². The minimum atomic E-state index is -0.324. The molecule has 5 heteroatoms. The summed E-state index contributed by atoms with van der Waals surface area (Å²) in [5, 5.41) is 12.2. The zero-order chi connectivity index (χ0) is 14.7. The summed E-state index contributed by atoms with van der Waals surface area (Å²) in [7, 11) is 0.